The van der Waals surface area contributed by atoms with Crippen molar-refractivity contribution in [2.75, 3.05) is 24.6 Å². The zero-order valence-corrected chi connectivity index (χ0v) is 16.0. The number of esters is 1. The van der Waals surface area contributed by atoms with Crippen LogP contribution in [0, 0.1) is 11.3 Å². The summed E-state index contributed by atoms with van der Waals surface area (Å²) < 4.78 is 31.3. The van der Waals surface area contributed by atoms with Gasteiger partial charge in [0.05, 0.1) is 16.5 Å². The van der Waals surface area contributed by atoms with Crippen molar-refractivity contribution in [2.24, 2.45) is 0 Å². The lowest BCUT2D eigenvalue weighted by molar-refractivity contribution is -0.146. The van der Waals surface area contributed by atoms with E-state index in [9.17, 15) is 18.0 Å². The third-order valence-electron chi connectivity index (χ3n) is 3.74. The Morgan fingerprint density at radius 1 is 1.11 bits per heavy atom. The maximum absolute atomic E-state index is 12.2. The molecule has 0 aromatic heterocycles. The minimum absolute atomic E-state index is 0.0865. The van der Waals surface area contributed by atoms with Crippen LogP contribution in [-0.4, -0.2) is 40.0 Å². The summed E-state index contributed by atoms with van der Waals surface area (Å²) in [5, 5.41) is 8.73. The molecule has 0 aliphatic carbocycles. The fraction of sp³-hybridized carbons (Fsp3) is 0.211. The standard InChI is InChI=1S/C19H19N3O5S/c1-2-22(16-6-4-3-5-7-16)18(23)14-27-19(24)13-21-28(25,26)17-10-8-15(12-20)9-11-17/h3-11,21H,2,13-14H2,1H3. The molecule has 1 amide bonds. The number of carbonyl (C=O) groups excluding carboxylic acids is 2. The molecule has 8 nitrogen and oxygen atoms in total. The Hall–Kier alpha value is -3.22. The number of anilines is 1. The van der Waals surface area contributed by atoms with Gasteiger partial charge in [-0.2, -0.15) is 9.98 Å². The molecular formula is C19H19N3O5S. The number of nitriles is 1. The van der Waals surface area contributed by atoms with Crippen LogP contribution >= 0.6 is 0 Å². The van der Waals surface area contributed by atoms with Crippen LogP contribution in [0.3, 0.4) is 0 Å². The van der Waals surface area contributed by atoms with Gasteiger partial charge in [0.25, 0.3) is 5.91 Å². The minimum Gasteiger partial charge on any atom is -0.455 e. The highest BCUT2D eigenvalue weighted by molar-refractivity contribution is 7.89. The van der Waals surface area contributed by atoms with Crippen molar-refractivity contribution in [3.05, 3.63) is 60.2 Å². The smallest absolute Gasteiger partial charge is 0.321 e. The fourth-order valence-electron chi connectivity index (χ4n) is 2.33. The van der Waals surface area contributed by atoms with Gasteiger partial charge in [-0.25, -0.2) is 8.42 Å². The van der Waals surface area contributed by atoms with Crippen molar-refractivity contribution >= 4 is 27.6 Å². The van der Waals surface area contributed by atoms with E-state index in [4.69, 9.17) is 10.00 Å². The fourth-order valence-corrected chi connectivity index (χ4v) is 3.30. The van der Waals surface area contributed by atoms with Crippen molar-refractivity contribution in [2.45, 2.75) is 11.8 Å². The number of sulfonamides is 1. The Kier molecular flexibility index (Phi) is 7.26. The normalized spacial score (nSPS) is 10.7. The average Bonchev–Trinajstić information content (AvgIpc) is 2.72. The van der Waals surface area contributed by atoms with Gasteiger partial charge in [0, 0.05) is 12.2 Å². The molecule has 0 bridgehead atoms. The van der Waals surface area contributed by atoms with E-state index < -0.39 is 35.1 Å². The summed E-state index contributed by atoms with van der Waals surface area (Å²) in [7, 11) is -3.94. The third-order valence-corrected chi connectivity index (χ3v) is 5.16. The van der Waals surface area contributed by atoms with Crippen LogP contribution in [0.4, 0.5) is 5.69 Å². The lowest BCUT2D eigenvalue weighted by atomic mass is 10.2. The molecule has 146 valence electrons. The zero-order valence-electron chi connectivity index (χ0n) is 15.2. The van der Waals surface area contributed by atoms with E-state index in [1.807, 2.05) is 12.1 Å². The Balaban J connectivity index is 1.88. The van der Waals surface area contributed by atoms with Gasteiger partial charge < -0.3 is 9.64 Å². The molecule has 0 radical (unpaired) electrons. The molecule has 2 aromatic rings. The van der Waals surface area contributed by atoms with Crippen LogP contribution in [0.2, 0.25) is 0 Å². The maximum atomic E-state index is 12.2. The van der Waals surface area contributed by atoms with Gasteiger partial charge >= 0.3 is 5.97 Å². The van der Waals surface area contributed by atoms with Crippen molar-refractivity contribution in [3.8, 4) is 6.07 Å². The second-order valence-electron chi connectivity index (χ2n) is 5.59. The Morgan fingerprint density at radius 2 is 1.75 bits per heavy atom. The number of hydrogen-bond acceptors (Lipinski definition) is 6. The molecule has 0 unspecified atom stereocenters. The van der Waals surface area contributed by atoms with Crippen LogP contribution < -0.4 is 9.62 Å². The highest BCUT2D eigenvalue weighted by atomic mass is 32.2. The van der Waals surface area contributed by atoms with Gasteiger partial charge in [-0.05, 0) is 43.3 Å². The highest BCUT2D eigenvalue weighted by Crippen LogP contribution is 2.13. The number of nitrogens with zero attached hydrogens (tertiary/aromatic N) is 2. The quantitative estimate of drug-likeness (QED) is 0.669. The molecule has 0 saturated carbocycles. The van der Waals surface area contributed by atoms with Crippen molar-refractivity contribution in [1.29, 1.82) is 5.26 Å². The SMILES string of the molecule is CCN(C(=O)COC(=O)CNS(=O)(=O)c1ccc(C#N)cc1)c1ccccc1. The lowest BCUT2D eigenvalue weighted by Gasteiger charge is -2.20. The number of benzene rings is 2. The number of likely N-dealkylation sites (N-methyl/N-ethyl adjacent to an activating group) is 1. The molecule has 2 rings (SSSR count). The Labute approximate surface area is 163 Å². The van der Waals surface area contributed by atoms with Gasteiger partial charge in [0.15, 0.2) is 6.61 Å². The lowest BCUT2D eigenvalue weighted by Crippen LogP contribution is -2.36. The number of amides is 1. The Morgan fingerprint density at radius 3 is 2.32 bits per heavy atom. The predicted molar refractivity (Wildman–Crippen MR) is 102 cm³/mol. The van der Waals surface area contributed by atoms with Gasteiger partial charge in [-0.15, -0.1) is 0 Å². The number of ether oxygens (including phenoxy) is 1. The van der Waals surface area contributed by atoms with Gasteiger partial charge in [0.1, 0.15) is 6.54 Å². The average molecular weight is 401 g/mol. The Bertz CT molecular complexity index is 967. The third kappa shape index (κ3) is 5.64. The molecule has 1 N–H and O–H groups in total. The zero-order chi connectivity index (χ0) is 20.6. The molecule has 28 heavy (non-hydrogen) atoms. The molecule has 0 aliphatic heterocycles. The van der Waals surface area contributed by atoms with Crippen molar-refractivity contribution in [3.63, 3.8) is 0 Å². The van der Waals surface area contributed by atoms with Crippen LogP contribution in [0.1, 0.15) is 12.5 Å². The van der Waals surface area contributed by atoms with E-state index in [1.165, 1.54) is 29.2 Å². The summed E-state index contributed by atoms with van der Waals surface area (Å²) in [5.74, 6) is -1.30. The van der Waals surface area contributed by atoms with Gasteiger partial charge in [0.2, 0.25) is 10.0 Å². The predicted octanol–water partition coefficient (Wildman–Crippen LogP) is 1.43. The number of para-hydroxylation sites is 1. The molecule has 0 saturated heterocycles. The van der Waals surface area contributed by atoms with E-state index in [2.05, 4.69) is 4.72 Å². The summed E-state index contributed by atoms with van der Waals surface area (Å²) in [6.07, 6.45) is 0. The van der Waals surface area contributed by atoms with Crippen molar-refractivity contribution in [1.82, 2.24) is 4.72 Å². The molecule has 0 aliphatic rings. The number of hydrogen-bond donors (Lipinski definition) is 1. The van der Waals surface area contributed by atoms with Crippen molar-refractivity contribution < 1.29 is 22.7 Å². The molecule has 2 aromatic carbocycles. The first kappa shape index (κ1) is 21.1. The molecule has 0 heterocycles. The first-order valence-electron chi connectivity index (χ1n) is 8.38. The summed E-state index contributed by atoms with van der Waals surface area (Å²) >= 11 is 0. The topological polar surface area (TPSA) is 117 Å². The first-order chi connectivity index (χ1) is 13.4. The van der Waals surface area contributed by atoms with E-state index in [0.29, 0.717) is 17.8 Å². The summed E-state index contributed by atoms with van der Waals surface area (Å²) in [6, 6.07) is 16.0. The van der Waals surface area contributed by atoms with Gasteiger partial charge in [-0.3, -0.25) is 9.59 Å². The van der Waals surface area contributed by atoms with Gasteiger partial charge in [-0.1, -0.05) is 18.2 Å². The summed E-state index contributed by atoms with van der Waals surface area (Å²) in [4.78, 5) is 25.4. The summed E-state index contributed by atoms with van der Waals surface area (Å²) in [5.41, 5.74) is 0.989. The molecule has 0 fully saturated rings. The van der Waals surface area contributed by atoms with Crippen LogP contribution in [-0.2, 0) is 24.3 Å². The van der Waals surface area contributed by atoms with E-state index in [0.717, 1.165) is 0 Å². The van der Waals surface area contributed by atoms with Crippen LogP contribution in [0.15, 0.2) is 59.5 Å². The largest absolute Gasteiger partial charge is 0.455 e. The number of rotatable bonds is 8. The number of nitrogens with one attached hydrogen (secondary N) is 1. The monoisotopic (exact) mass is 401 g/mol. The van der Waals surface area contributed by atoms with E-state index in [1.54, 1.807) is 31.2 Å². The molecular weight excluding hydrogens is 382 g/mol. The van der Waals surface area contributed by atoms with Crippen LogP contribution in [0.5, 0.6) is 0 Å². The number of carbonyl (C=O) groups is 2. The highest BCUT2D eigenvalue weighted by Gasteiger charge is 2.18. The molecule has 0 spiro atoms. The van der Waals surface area contributed by atoms with E-state index >= 15 is 0 Å². The molecule has 9 heteroatoms. The minimum atomic E-state index is -3.94. The van der Waals surface area contributed by atoms with E-state index in [-0.39, 0.29) is 4.90 Å². The van der Waals surface area contributed by atoms with Crippen LogP contribution in [0.25, 0.3) is 0 Å². The summed E-state index contributed by atoms with van der Waals surface area (Å²) in [6.45, 7) is 1.07. The second kappa shape index (κ2) is 9.64. The second-order valence-corrected chi connectivity index (χ2v) is 7.36. The first-order valence-corrected chi connectivity index (χ1v) is 9.86. The maximum Gasteiger partial charge on any atom is 0.321 e. The molecule has 0 atom stereocenters.